The molecule has 1 aromatic rings. The summed E-state index contributed by atoms with van der Waals surface area (Å²) >= 11 is 0. The third-order valence-electron chi connectivity index (χ3n) is 8.00. The Morgan fingerprint density at radius 1 is 1.23 bits per heavy atom. The topological polar surface area (TPSA) is 164 Å². The van der Waals surface area contributed by atoms with Gasteiger partial charge in [-0.1, -0.05) is 26.0 Å². The lowest BCUT2D eigenvalue weighted by Gasteiger charge is -2.57. The molecule has 0 radical (unpaired) electrons. The van der Waals surface area contributed by atoms with Crippen LogP contribution in [-0.4, -0.2) is 76.2 Å². The Morgan fingerprint density at radius 3 is 2.46 bits per heavy atom. The minimum absolute atomic E-state index is 0.00281. The van der Waals surface area contributed by atoms with E-state index in [4.69, 9.17) is 10.5 Å². The molecular formula is C25H30N2O8. The second-order valence-corrected chi connectivity index (χ2v) is 10.0. The van der Waals surface area contributed by atoms with Gasteiger partial charge in [0.05, 0.1) is 23.4 Å². The van der Waals surface area contributed by atoms with Crippen molar-refractivity contribution in [1.82, 2.24) is 4.90 Å². The lowest BCUT2D eigenvalue weighted by atomic mass is 9.49. The van der Waals surface area contributed by atoms with Gasteiger partial charge in [0, 0.05) is 18.8 Å². The number of phenolic OH excluding ortho intramolecular Hbond substituents is 1. The number of ketones is 3. The van der Waals surface area contributed by atoms with E-state index in [1.54, 1.807) is 40.1 Å². The Bertz CT molecular complexity index is 1130. The first-order valence-electron chi connectivity index (χ1n) is 11.7. The van der Waals surface area contributed by atoms with Gasteiger partial charge in [0.1, 0.15) is 23.4 Å². The predicted octanol–water partition coefficient (Wildman–Crippen LogP) is 0.181. The van der Waals surface area contributed by atoms with Crippen molar-refractivity contribution in [2.45, 2.75) is 50.4 Å². The number of benzene rings is 1. The number of primary amides is 1. The number of aromatic hydroxyl groups is 1. The molecule has 10 heteroatoms. The molecule has 4 N–H and O–H groups in total. The molecular weight excluding hydrogens is 456 g/mol. The molecule has 3 aliphatic rings. The molecule has 8 atom stereocenters. The number of amides is 1. The Morgan fingerprint density at radius 2 is 1.89 bits per heavy atom. The van der Waals surface area contributed by atoms with Crippen LogP contribution in [0.4, 0.5) is 0 Å². The summed E-state index contributed by atoms with van der Waals surface area (Å²) in [5.74, 6) is -9.55. The zero-order valence-electron chi connectivity index (χ0n) is 20.1. The number of likely N-dealkylation sites (N-methyl/N-ethyl adjacent to an activating group) is 1. The first-order chi connectivity index (χ1) is 16.4. The smallest absolute Gasteiger partial charge is 0.305 e. The fraction of sp³-hybridized carbons (Fsp3) is 0.560. The van der Waals surface area contributed by atoms with E-state index in [0.29, 0.717) is 5.56 Å². The van der Waals surface area contributed by atoms with Gasteiger partial charge in [-0.2, -0.15) is 0 Å². The average Bonchev–Trinajstić information content (AvgIpc) is 2.79. The summed E-state index contributed by atoms with van der Waals surface area (Å²) in [7, 11) is 3.12. The predicted molar refractivity (Wildman–Crippen MR) is 121 cm³/mol. The number of nitrogens with two attached hydrogens (primary N) is 1. The summed E-state index contributed by atoms with van der Waals surface area (Å²) in [5, 5.41) is 22.3. The molecule has 4 rings (SSSR count). The van der Waals surface area contributed by atoms with Gasteiger partial charge < -0.3 is 20.7 Å². The standard InChI is InChI=1S/C25H30N2O8/c1-5-14(29)35-22-15-10(2)11-7-6-8-13(28)16(11)21(31)17(15)23(32)25(34)9-12(24(26)33)20(30)19(18(22)25)27(3)4/h6-8,10,12,15,17-19,22,28,34H,5,9H2,1-4H3,(H2,26,33). The molecule has 1 amide bonds. The quantitative estimate of drug-likeness (QED) is 0.398. The van der Waals surface area contributed by atoms with Gasteiger partial charge in [0.2, 0.25) is 5.91 Å². The molecule has 0 saturated heterocycles. The second-order valence-electron chi connectivity index (χ2n) is 10.0. The molecule has 2 fully saturated rings. The summed E-state index contributed by atoms with van der Waals surface area (Å²) < 4.78 is 5.82. The number of fused-ring (bicyclic) bond motifs is 3. The Kier molecular flexibility index (Phi) is 6.09. The van der Waals surface area contributed by atoms with E-state index in [-0.39, 0.29) is 17.7 Å². The van der Waals surface area contributed by atoms with E-state index in [1.165, 1.54) is 11.0 Å². The molecule has 0 bridgehead atoms. The highest BCUT2D eigenvalue weighted by Crippen LogP contribution is 2.56. The Balaban J connectivity index is 1.98. The van der Waals surface area contributed by atoms with Crippen LogP contribution in [0, 0.1) is 23.7 Å². The van der Waals surface area contributed by atoms with E-state index in [2.05, 4.69) is 0 Å². The summed E-state index contributed by atoms with van der Waals surface area (Å²) in [6.07, 6.45) is -1.79. The van der Waals surface area contributed by atoms with Crippen LogP contribution in [0.3, 0.4) is 0 Å². The summed E-state index contributed by atoms with van der Waals surface area (Å²) in [5.41, 5.74) is 3.60. The number of phenols is 1. The highest BCUT2D eigenvalue weighted by Gasteiger charge is 2.70. The van der Waals surface area contributed by atoms with Crippen molar-refractivity contribution < 1.29 is 38.9 Å². The third-order valence-corrected chi connectivity index (χ3v) is 8.00. The van der Waals surface area contributed by atoms with Crippen LogP contribution >= 0.6 is 0 Å². The first-order valence-corrected chi connectivity index (χ1v) is 11.7. The molecule has 3 aliphatic carbocycles. The lowest BCUT2D eigenvalue weighted by Crippen LogP contribution is -2.74. The van der Waals surface area contributed by atoms with Crippen LogP contribution in [-0.2, 0) is 23.9 Å². The average molecular weight is 487 g/mol. The molecule has 0 heterocycles. The lowest BCUT2D eigenvalue weighted by molar-refractivity contribution is -0.207. The zero-order chi connectivity index (χ0) is 26.0. The van der Waals surface area contributed by atoms with Crippen LogP contribution < -0.4 is 5.73 Å². The van der Waals surface area contributed by atoms with Gasteiger partial charge >= 0.3 is 5.97 Å². The van der Waals surface area contributed by atoms with Crippen molar-refractivity contribution in [3.05, 3.63) is 29.3 Å². The minimum atomic E-state index is -2.33. The molecule has 1 aromatic carbocycles. The van der Waals surface area contributed by atoms with Crippen molar-refractivity contribution in [2.75, 3.05) is 14.1 Å². The highest BCUT2D eigenvalue weighted by molar-refractivity contribution is 6.18. The summed E-state index contributed by atoms with van der Waals surface area (Å²) in [6.45, 7) is 3.34. The molecule has 0 aromatic heterocycles. The zero-order valence-corrected chi connectivity index (χ0v) is 20.1. The molecule has 188 valence electrons. The maximum Gasteiger partial charge on any atom is 0.305 e. The monoisotopic (exact) mass is 486 g/mol. The van der Waals surface area contributed by atoms with Crippen molar-refractivity contribution in [3.8, 4) is 5.75 Å². The normalized spacial score (nSPS) is 36.3. The van der Waals surface area contributed by atoms with Gasteiger partial charge in [0.25, 0.3) is 0 Å². The van der Waals surface area contributed by atoms with Gasteiger partial charge in [-0.05, 0) is 31.6 Å². The number of nitrogens with zero attached hydrogens (tertiary/aromatic N) is 1. The highest BCUT2D eigenvalue weighted by atomic mass is 16.5. The van der Waals surface area contributed by atoms with Crippen LogP contribution in [0.25, 0.3) is 0 Å². The number of aliphatic hydroxyl groups is 1. The largest absolute Gasteiger partial charge is 0.507 e. The second kappa shape index (κ2) is 8.53. The van der Waals surface area contributed by atoms with Crippen molar-refractivity contribution in [3.63, 3.8) is 0 Å². The number of carbonyl (C=O) groups is 5. The fourth-order valence-electron chi connectivity index (χ4n) is 6.42. The molecule has 2 saturated carbocycles. The van der Waals surface area contributed by atoms with Crippen LogP contribution in [0.5, 0.6) is 5.75 Å². The SMILES string of the molecule is CCC(=O)OC1C2C(C(=O)c3c(O)cccc3C2C)C(=O)C2(O)CC(C(N)=O)C(=O)C(N(C)C)C12. The maximum absolute atomic E-state index is 14.0. The van der Waals surface area contributed by atoms with Gasteiger partial charge in [0.15, 0.2) is 17.3 Å². The number of esters is 1. The number of hydrogen-bond acceptors (Lipinski definition) is 9. The molecule has 0 aliphatic heterocycles. The number of carbonyl (C=O) groups excluding carboxylic acids is 5. The van der Waals surface area contributed by atoms with E-state index >= 15 is 0 Å². The Labute approximate surface area is 202 Å². The maximum atomic E-state index is 14.0. The van der Waals surface area contributed by atoms with E-state index in [1.807, 2.05) is 0 Å². The van der Waals surface area contributed by atoms with Crippen molar-refractivity contribution >= 4 is 29.2 Å². The molecule has 0 spiro atoms. The van der Waals surface area contributed by atoms with Crippen LogP contribution in [0.15, 0.2) is 18.2 Å². The first kappa shape index (κ1) is 25.0. The van der Waals surface area contributed by atoms with Crippen LogP contribution in [0.2, 0.25) is 0 Å². The van der Waals surface area contributed by atoms with Crippen molar-refractivity contribution in [2.24, 2.45) is 29.4 Å². The fourth-order valence-corrected chi connectivity index (χ4v) is 6.42. The van der Waals surface area contributed by atoms with Crippen molar-refractivity contribution in [1.29, 1.82) is 0 Å². The van der Waals surface area contributed by atoms with E-state index < -0.39 is 83.0 Å². The third kappa shape index (κ3) is 3.49. The van der Waals surface area contributed by atoms with Gasteiger partial charge in [-0.25, -0.2) is 0 Å². The number of hydrogen-bond donors (Lipinski definition) is 3. The molecule has 10 nitrogen and oxygen atoms in total. The van der Waals surface area contributed by atoms with Crippen LogP contribution in [0.1, 0.15) is 48.5 Å². The number of ether oxygens (including phenoxy) is 1. The van der Waals surface area contributed by atoms with Gasteiger partial charge in [-0.3, -0.25) is 28.9 Å². The number of Topliss-reactive ketones (excluding diaryl/α,β-unsaturated/α-hetero) is 3. The number of rotatable bonds is 4. The summed E-state index contributed by atoms with van der Waals surface area (Å²) in [4.78, 5) is 67.1. The van der Waals surface area contributed by atoms with E-state index in [9.17, 15) is 34.2 Å². The minimum Gasteiger partial charge on any atom is -0.507 e. The molecule has 35 heavy (non-hydrogen) atoms. The van der Waals surface area contributed by atoms with Gasteiger partial charge in [-0.15, -0.1) is 0 Å². The summed E-state index contributed by atoms with van der Waals surface area (Å²) in [6, 6.07) is 3.42. The Hall–Kier alpha value is -3.11. The molecule has 8 unspecified atom stereocenters. The van der Waals surface area contributed by atoms with E-state index in [0.717, 1.165) is 0 Å².